The Balaban J connectivity index is 1.03. The molecule has 0 saturated carbocycles. The van der Waals surface area contributed by atoms with E-state index in [-0.39, 0.29) is 46.6 Å². The van der Waals surface area contributed by atoms with Crippen LogP contribution in [0, 0.1) is 23.7 Å². The number of hydrogen-bond donors (Lipinski definition) is 0. The van der Waals surface area contributed by atoms with Crippen LogP contribution in [0.25, 0.3) is 87.6 Å². The van der Waals surface area contributed by atoms with E-state index in [4.69, 9.17) is 9.97 Å². The summed E-state index contributed by atoms with van der Waals surface area (Å²) in [5.74, 6) is -0.0866. The van der Waals surface area contributed by atoms with Crippen LogP contribution in [-0.2, 0) is 5.41 Å². The quantitative estimate of drug-likeness (QED) is 0.0544. The van der Waals surface area contributed by atoms with Gasteiger partial charge in [0.2, 0.25) is 0 Å². The van der Waals surface area contributed by atoms with Gasteiger partial charge in [0.25, 0.3) is 34.7 Å². The molecule has 3 aliphatic rings. The summed E-state index contributed by atoms with van der Waals surface area (Å²) >= 11 is 0. The van der Waals surface area contributed by atoms with Gasteiger partial charge in [-0.2, -0.15) is 0 Å². The lowest BCUT2D eigenvalue weighted by Gasteiger charge is -2.38. The van der Waals surface area contributed by atoms with Gasteiger partial charge in [0.15, 0.2) is 0 Å². The van der Waals surface area contributed by atoms with Gasteiger partial charge in [0, 0.05) is 83.8 Å². The first kappa shape index (κ1) is 56.5. The lowest BCUT2D eigenvalue weighted by molar-refractivity contribution is 0.0565. The Kier molecular flexibility index (Phi) is 14.7. The number of aromatic nitrogens is 4. The number of hydrogen-bond acceptors (Lipinski definition) is 8. The highest BCUT2D eigenvalue weighted by Gasteiger charge is 2.47. The number of nitrogens with zero attached hydrogens (tertiary/aromatic N) is 6. The van der Waals surface area contributed by atoms with Crippen molar-refractivity contribution in [2.75, 3.05) is 13.1 Å². The number of unbranched alkanes of at least 4 members (excludes halogenated alkanes) is 4. The van der Waals surface area contributed by atoms with Gasteiger partial charge in [-0.1, -0.05) is 145 Å². The molecule has 0 spiro atoms. The summed E-state index contributed by atoms with van der Waals surface area (Å²) in [5, 5.41) is 4.55. The molecule has 4 aromatic heterocycles. The highest BCUT2D eigenvalue weighted by molar-refractivity contribution is 6.33. The third-order valence-corrected chi connectivity index (χ3v) is 20.8. The second kappa shape index (κ2) is 22.0. The van der Waals surface area contributed by atoms with Crippen molar-refractivity contribution >= 4 is 100 Å². The van der Waals surface area contributed by atoms with Gasteiger partial charge in [-0.15, -0.1) is 0 Å². The van der Waals surface area contributed by atoms with Gasteiger partial charge < -0.3 is 0 Å². The van der Waals surface area contributed by atoms with E-state index in [1.54, 1.807) is 33.1 Å². The molecule has 13 rings (SSSR count). The van der Waals surface area contributed by atoms with Crippen LogP contribution in [0.5, 0.6) is 0 Å². The van der Waals surface area contributed by atoms with E-state index in [0.29, 0.717) is 124 Å². The number of imidazole rings is 2. The second-order valence-electron chi connectivity index (χ2n) is 25.7. The molecule has 6 aromatic carbocycles. The first-order chi connectivity index (χ1) is 41.3. The van der Waals surface area contributed by atoms with Crippen LogP contribution in [0.15, 0.2) is 82.4 Å². The first-order valence-electron chi connectivity index (χ1n) is 32.5. The fraction of sp³-hybridized carbons (Fsp3) is 0.452. The number of imide groups is 2. The maximum Gasteiger partial charge on any atom is 0.264 e. The van der Waals surface area contributed by atoms with Crippen molar-refractivity contribution in [2.45, 2.75) is 176 Å². The molecular formula is C73H80N6O6. The summed E-state index contributed by atoms with van der Waals surface area (Å²) in [6, 6.07) is 23.4. The van der Waals surface area contributed by atoms with Gasteiger partial charge in [-0.25, -0.2) is 9.97 Å². The summed E-state index contributed by atoms with van der Waals surface area (Å²) in [4.78, 5) is 102. The largest absolute Gasteiger partial charge is 0.274 e. The van der Waals surface area contributed by atoms with Crippen LogP contribution < -0.4 is 11.1 Å². The molecular weight excluding hydrogens is 1060 g/mol. The number of benzene rings is 6. The van der Waals surface area contributed by atoms with Gasteiger partial charge in [0.1, 0.15) is 11.3 Å². The van der Waals surface area contributed by atoms with Gasteiger partial charge >= 0.3 is 0 Å². The van der Waals surface area contributed by atoms with Crippen molar-refractivity contribution in [1.29, 1.82) is 0 Å². The molecule has 4 atom stereocenters. The molecule has 0 N–H and O–H groups in total. The average Bonchev–Trinajstić information content (AvgIpc) is 1.70. The minimum Gasteiger partial charge on any atom is -0.274 e. The van der Waals surface area contributed by atoms with Gasteiger partial charge in [0.05, 0.1) is 22.1 Å². The molecule has 438 valence electrons. The van der Waals surface area contributed by atoms with Crippen LogP contribution >= 0.6 is 0 Å². The van der Waals surface area contributed by atoms with E-state index in [0.717, 1.165) is 132 Å². The van der Waals surface area contributed by atoms with E-state index < -0.39 is 5.41 Å². The third-order valence-electron chi connectivity index (χ3n) is 20.8. The maximum absolute atomic E-state index is 15.5. The van der Waals surface area contributed by atoms with Crippen LogP contribution in [0.3, 0.4) is 0 Å². The van der Waals surface area contributed by atoms with Gasteiger partial charge in [-0.3, -0.25) is 47.4 Å². The molecule has 10 aromatic rings. The van der Waals surface area contributed by atoms with E-state index in [1.807, 2.05) is 24.3 Å². The number of carbonyl (C=O) groups excluding carboxylic acids is 4. The monoisotopic (exact) mass is 1140 g/mol. The number of amides is 4. The molecule has 12 nitrogen and oxygen atoms in total. The molecule has 85 heavy (non-hydrogen) atoms. The minimum atomic E-state index is -0.505. The molecule has 6 heterocycles. The summed E-state index contributed by atoms with van der Waals surface area (Å²) < 4.78 is 3.51. The highest BCUT2D eigenvalue weighted by Crippen LogP contribution is 2.58. The van der Waals surface area contributed by atoms with Crippen molar-refractivity contribution < 1.29 is 19.2 Å². The lowest BCUT2D eigenvalue weighted by atomic mass is 9.65. The predicted octanol–water partition coefficient (Wildman–Crippen LogP) is 16.6. The highest BCUT2D eigenvalue weighted by atomic mass is 16.2. The Morgan fingerprint density at radius 2 is 0.741 bits per heavy atom. The fourth-order valence-electron chi connectivity index (χ4n) is 15.9. The third kappa shape index (κ3) is 8.55. The SMILES string of the molecule is CCCCC(CC)CN1C(=O)c2ccc3c(=O)n4c5cc6c(cc5nc4c4ccc(c2c34)C1=O)C(CC(CC)CCCC)(CC(CC)CCCC)c1cc2c(cc1-6)nc1c3ccc4c5c(ccc(c(=O)n21)c53)C(=O)N(CC(CC)CCCC)C4=O. The Morgan fingerprint density at radius 3 is 1.14 bits per heavy atom. The molecule has 12 heteroatoms. The maximum atomic E-state index is 15.5. The molecule has 2 aliphatic heterocycles. The standard InChI is InChI=1S/C73H80N6O6/c1-9-17-21-41(13-5)37-73(38-42(14-6)22-18-10-2)55-35-58-59(78-66(75-58)46-26-28-48-64-49(29-31-51(62(46)64)71(78)84)69(82)77(68(48)81)40-44(16-8)24-20-12-4)34-54(55)53-33-57-60(36-56(53)73)79-65(74-57)45-25-27-47-63-50(30-32-52(61(45)63)72(79)85)70(83)76(67(47)80)39-43(15-7)23-19-11-3/h25-36,41-44H,9-24,37-40H2,1-8H3. The minimum absolute atomic E-state index is 0.200. The molecule has 0 bridgehead atoms. The Labute approximate surface area is 496 Å². The number of fused-ring (bicyclic) bond motifs is 11. The summed E-state index contributed by atoms with van der Waals surface area (Å²) in [6.45, 7) is 18.4. The summed E-state index contributed by atoms with van der Waals surface area (Å²) in [5.41, 5.74) is 8.86. The van der Waals surface area contributed by atoms with Crippen LogP contribution in [0.1, 0.15) is 224 Å². The molecule has 0 fully saturated rings. The molecule has 4 unspecified atom stereocenters. The normalized spacial score (nSPS) is 17.4. The molecule has 0 radical (unpaired) electrons. The predicted molar refractivity (Wildman–Crippen MR) is 343 cm³/mol. The molecule has 1 aliphatic carbocycles. The fourth-order valence-corrected chi connectivity index (χ4v) is 15.9. The topological polar surface area (TPSA) is 144 Å². The van der Waals surface area contributed by atoms with Crippen molar-refractivity contribution in [1.82, 2.24) is 28.6 Å². The zero-order valence-electron chi connectivity index (χ0n) is 51.0. The van der Waals surface area contributed by atoms with Crippen LogP contribution in [0.2, 0.25) is 0 Å². The van der Waals surface area contributed by atoms with E-state index >= 15 is 9.59 Å². The van der Waals surface area contributed by atoms with Crippen LogP contribution in [-0.4, -0.2) is 65.3 Å². The van der Waals surface area contributed by atoms with Crippen LogP contribution in [0.4, 0.5) is 0 Å². The summed E-state index contributed by atoms with van der Waals surface area (Å²) in [7, 11) is 0. The zero-order valence-corrected chi connectivity index (χ0v) is 51.0. The first-order valence-corrected chi connectivity index (χ1v) is 32.5. The second-order valence-corrected chi connectivity index (χ2v) is 25.7. The Hall–Kier alpha value is -7.60. The number of pyridine rings is 2. The smallest absolute Gasteiger partial charge is 0.264 e. The van der Waals surface area contributed by atoms with E-state index in [2.05, 4.69) is 79.7 Å². The number of rotatable bonds is 24. The van der Waals surface area contributed by atoms with Crippen molar-refractivity contribution in [3.63, 3.8) is 0 Å². The van der Waals surface area contributed by atoms with Crippen molar-refractivity contribution in [3.8, 4) is 11.1 Å². The van der Waals surface area contributed by atoms with Crippen molar-refractivity contribution in [3.05, 3.63) is 127 Å². The molecule has 0 saturated heterocycles. The summed E-state index contributed by atoms with van der Waals surface area (Å²) in [6.07, 6.45) is 18.2. The average molecular weight is 1140 g/mol. The van der Waals surface area contributed by atoms with Crippen molar-refractivity contribution in [2.24, 2.45) is 23.7 Å². The Morgan fingerprint density at radius 1 is 0.388 bits per heavy atom. The van der Waals surface area contributed by atoms with E-state index in [9.17, 15) is 19.2 Å². The lowest BCUT2D eigenvalue weighted by Crippen LogP contribution is -2.43. The number of carbonyl (C=O) groups is 4. The molecule has 4 amide bonds. The van der Waals surface area contributed by atoms with E-state index in [1.165, 1.54) is 15.4 Å². The van der Waals surface area contributed by atoms with Gasteiger partial charge in [-0.05, 0) is 144 Å². The zero-order chi connectivity index (χ0) is 59.3. The Bertz CT molecular complexity index is 4450.